The number of benzene rings is 2. The van der Waals surface area contributed by atoms with Gasteiger partial charge in [-0.2, -0.15) is 0 Å². The number of amides is 1. The first kappa shape index (κ1) is 20.3. The first-order valence-corrected chi connectivity index (χ1v) is 11.0. The molecular weight excluding hydrogens is 392 g/mol. The molecular formula is C24H24N4OS. The van der Waals surface area contributed by atoms with E-state index in [4.69, 9.17) is 6.42 Å². The van der Waals surface area contributed by atoms with Crippen molar-refractivity contribution in [2.45, 2.75) is 38.8 Å². The highest BCUT2D eigenvalue weighted by Crippen LogP contribution is 2.36. The number of aromatic nitrogens is 2. The molecule has 30 heavy (non-hydrogen) atoms. The summed E-state index contributed by atoms with van der Waals surface area (Å²) in [6.07, 6.45) is 8.71. The van der Waals surface area contributed by atoms with Crippen LogP contribution >= 0.6 is 11.3 Å². The maximum Gasteiger partial charge on any atom is 0.286 e. The lowest BCUT2D eigenvalue weighted by Crippen LogP contribution is -2.27. The third kappa shape index (κ3) is 4.43. The molecule has 3 aromatic rings. The van der Waals surface area contributed by atoms with E-state index in [1.165, 1.54) is 28.0 Å². The van der Waals surface area contributed by atoms with Gasteiger partial charge in [-0.1, -0.05) is 60.6 Å². The van der Waals surface area contributed by atoms with Crippen molar-refractivity contribution in [3.05, 3.63) is 75.2 Å². The van der Waals surface area contributed by atoms with Crippen molar-refractivity contribution >= 4 is 22.9 Å². The predicted octanol–water partition coefficient (Wildman–Crippen LogP) is 4.48. The van der Waals surface area contributed by atoms with Gasteiger partial charge in [-0.15, -0.1) is 16.6 Å². The molecule has 0 bridgehead atoms. The number of carbonyl (C=O) groups excluding carboxylic acids is 1. The topological polar surface area (TPSA) is 58.1 Å². The highest BCUT2D eigenvalue weighted by Gasteiger charge is 2.28. The average molecular weight is 417 g/mol. The molecule has 1 aromatic heterocycles. The molecule has 0 saturated carbocycles. The van der Waals surface area contributed by atoms with Gasteiger partial charge in [0.05, 0.1) is 13.1 Å². The van der Waals surface area contributed by atoms with Gasteiger partial charge in [0.15, 0.2) is 0 Å². The second kappa shape index (κ2) is 9.21. The van der Waals surface area contributed by atoms with E-state index in [9.17, 15) is 4.79 Å². The number of anilines is 1. The summed E-state index contributed by atoms with van der Waals surface area (Å²) in [7, 11) is 0. The van der Waals surface area contributed by atoms with E-state index in [-0.39, 0.29) is 11.9 Å². The van der Waals surface area contributed by atoms with Gasteiger partial charge in [-0.25, -0.2) is 0 Å². The number of hydrogen-bond donors (Lipinski definition) is 1. The van der Waals surface area contributed by atoms with E-state index in [2.05, 4.69) is 57.5 Å². The van der Waals surface area contributed by atoms with Crippen LogP contribution in [0.1, 0.15) is 50.9 Å². The van der Waals surface area contributed by atoms with Crippen LogP contribution in [-0.2, 0) is 19.4 Å². The van der Waals surface area contributed by atoms with Gasteiger partial charge in [0.25, 0.3) is 5.91 Å². The Morgan fingerprint density at radius 3 is 2.80 bits per heavy atom. The van der Waals surface area contributed by atoms with Crippen LogP contribution in [0.3, 0.4) is 0 Å². The molecule has 6 heteroatoms. The van der Waals surface area contributed by atoms with Gasteiger partial charge < -0.3 is 5.32 Å². The van der Waals surface area contributed by atoms with Gasteiger partial charge in [0.1, 0.15) is 5.01 Å². The Hall–Kier alpha value is -3.01. The lowest BCUT2D eigenvalue weighted by molar-refractivity contribution is 0.102. The molecule has 152 valence electrons. The molecule has 0 fully saturated rings. The number of fused-ring (bicyclic) bond motifs is 1. The number of nitrogens with zero attached hydrogens (tertiary/aromatic N) is 3. The van der Waals surface area contributed by atoms with E-state index >= 15 is 0 Å². The van der Waals surface area contributed by atoms with Crippen LogP contribution in [0.25, 0.3) is 0 Å². The molecule has 5 nitrogen and oxygen atoms in total. The Morgan fingerprint density at radius 1 is 1.23 bits per heavy atom. The lowest BCUT2D eigenvalue weighted by atomic mass is 10.1. The van der Waals surface area contributed by atoms with Crippen LogP contribution < -0.4 is 5.32 Å². The SMILES string of the molecule is C#CCN(Cc1nnc(C(=O)Nc2ccc(CC)cc2)s1)[C@H]1CCc2ccccc21. The molecule has 1 amide bonds. The van der Waals surface area contributed by atoms with Crippen molar-refractivity contribution in [1.82, 2.24) is 15.1 Å². The summed E-state index contributed by atoms with van der Waals surface area (Å²) in [6, 6.07) is 16.6. The second-order valence-electron chi connectivity index (χ2n) is 7.37. The summed E-state index contributed by atoms with van der Waals surface area (Å²) >= 11 is 1.32. The lowest BCUT2D eigenvalue weighted by Gasteiger charge is -2.26. The van der Waals surface area contributed by atoms with Gasteiger partial charge in [-0.3, -0.25) is 9.69 Å². The summed E-state index contributed by atoms with van der Waals surface area (Å²) in [5.74, 6) is 2.53. The molecule has 0 radical (unpaired) electrons. The predicted molar refractivity (Wildman–Crippen MR) is 120 cm³/mol. The molecule has 1 heterocycles. The number of nitrogens with one attached hydrogen (secondary N) is 1. The quantitative estimate of drug-likeness (QED) is 0.577. The minimum Gasteiger partial charge on any atom is -0.320 e. The zero-order valence-electron chi connectivity index (χ0n) is 17.0. The maximum absolute atomic E-state index is 12.6. The fourth-order valence-electron chi connectivity index (χ4n) is 3.90. The maximum atomic E-state index is 12.6. The summed E-state index contributed by atoms with van der Waals surface area (Å²) in [5.41, 5.74) is 4.71. The molecule has 1 aliphatic rings. The van der Waals surface area contributed by atoms with E-state index in [0.717, 1.165) is 30.0 Å². The standard InChI is InChI=1S/C24H24N4OS/c1-3-15-28(21-14-11-18-7-5-6-8-20(18)21)16-22-26-27-24(30-22)23(29)25-19-12-9-17(4-2)10-13-19/h1,5-10,12-13,21H,4,11,14-16H2,2H3,(H,25,29)/t21-/m0/s1. The van der Waals surface area contributed by atoms with E-state index in [0.29, 0.717) is 18.1 Å². The number of aryl methyl sites for hydroxylation is 2. The van der Waals surface area contributed by atoms with E-state index in [1.807, 2.05) is 24.3 Å². The molecule has 1 aliphatic carbocycles. The summed E-state index contributed by atoms with van der Waals surface area (Å²) in [5, 5.41) is 12.4. The number of rotatable bonds is 7. The highest BCUT2D eigenvalue weighted by molar-refractivity contribution is 7.13. The fraction of sp³-hybridized carbons (Fsp3) is 0.292. The second-order valence-corrected chi connectivity index (χ2v) is 8.43. The van der Waals surface area contributed by atoms with Crippen LogP contribution in [-0.4, -0.2) is 27.5 Å². The van der Waals surface area contributed by atoms with Gasteiger partial charge >= 0.3 is 0 Å². The zero-order valence-corrected chi connectivity index (χ0v) is 17.8. The number of hydrogen-bond acceptors (Lipinski definition) is 5. The van der Waals surface area contributed by atoms with Gasteiger partial charge in [0, 0.05) is 11.7 Å². The first-order chi connectivity index (χ1) is 14.7. The van der Waals surface area contributed by atoms with Crippen LogP contribution in [0.15, 0.2) is 48.5 Å². The minimum absolute atomic E-state index is 0.238. The van der Waals surface area contributed by atoms with E-state index in [1.54, 1.807) is 0 Å². The molecule has 1 N–H and O–H groups in total. The van der Waals surface area contributed by atoms with Gasteiger partial charge in [0.2, 0.25) is 5.01 Å². The smallest absolute Gasteiger partial charge is 0.286 e. The molecule has 0 aliphatic heterocycles. The van der Waals surface area contributed by atoms with Crippen molar-refractivity contribution < 1.29 is 4.79 Å². The summed E-state index contributed by atoms with van der Waals surface area (Å²) in [6.45, 7) is 3.22. The van der Waals surface area contributed by atoms with Crippen LogP contribution in [0, 0.1) is 12.3 Å². The zero-order chi connectivity index (χ0) is 20.9. The Kier molecular flexibility index (Phi) is 6.22. The van der Waals surface area contributed by atoms with Crippen LogP contribution in [0.5, 0.6) is 0 Å². The summed E-state index contributed by atoms with van der Waals surface area (Å²) < 4.78 is 0. The van der Waals surface area contributed by atoms with Gasteiger partial charge in [-0.05, 0) is 48.1 Å². The third-order valence-electron chi connectivity index (χ3n) is 5.46. The van der Waals surface area contributed by atoms with Crippen molar-refractivity contribution in [1.29, 1.82) is 0 Å². The average Bonchev–Trinajstić information content (AvgIpc) is 3.41. The van der Waals surface area contributed by atoms with Crippen molar-refractivity contribution in [3.8, 4) is 12.3 Å². The Balaban J connectivity index is 1.44. The third-order valence-corrected chi connectivity index (χ3v) is 6.36. The molecule has 1 atom stereocenters. The van der Waals surface area contributed by atoms with Crippen molar-refractivity contribution in [3.63, 3.8) is 0 Å². The Labute approximate surface area is 181 Å². The van der Waals surface area contributed by atoms with Crippen LogP contribution in [0.4, 0.5) is 5.69 Å². The monoisotopic (exact) mass is 416 g/mol. The minimum atomic E-state index is -0.238. The fourth-order valence-corrected chi connectivity index (χ4v) is 4.66. The van der Waals surface area contributed by atoms with Crippen LogP contribution in [0.2, 0.25) is 0 Å². The Morgan fingerprint density at radius 2 is 2.03 bits per heavy atom. The molecule has 0 saturated heterocycles. The number of carbonyl (C=O) groups is 1. The summed E-state index contributed by atoms with van der Waals surface area (Å²) in [4.78, 5) is 14.8. The highest BCUT2D eigenvalue weighted by atomic mass is 32.1. The largest absolute Gasteiger partial charge is 0.320 e. The van der Waals surface area contributed by atoms with Crippen molar-refractivity contribution in [2.75, 3.05) is 11.9 Å². The first-order valence-electron chi connectivity index (χ1n) is 10.2. The van der Waals surface area contributed by atoms with E-state index < -0.39 is 0 Å². The molecule has 4 rings (SSSR count). The van der Waals surface area contributed by atoms with Crippen molar-refractivity contribution in [2.24, 2.45) is 0 Å². The molecule has 2 aromatic carbocycles. The normalized spacial score (nSPS) is 15.0. The Bertz CT molecular complexity index is 1070. The number of terminal acetylenes is 1. The molecule has 0 spiro atoms. The molecule has 0 unspecified atom stereocenters.